The molecule has 1 aromatic carbocycles. The van der Waals surface area contributed by atoms with E-state index in [0.717, 1.165) is 18.4 Å². The molecule has 0 amide bonds. The number of amidine groups is 1. The van der Waals surface area contributed by atoms with Crippen molar-refractivity contribution in [2.24, 2.45) is 5.73 Å². The first kappa shape index (κ1) is 14.9. The van der Waals surface area contributed by atoms with Crippen LogP contribution >= 0.6 is 0 Å². The summed E-state index contributed by atoms with van der Waals surface area (Å²) in [5, 5.41) is 7.59. The largest absolute Gasteiger partial charge is 0.496 e. The Morgan fingerprint density at radius 1 is 1.25 bits per heavy atom. The lowest BCUT2D eigenvalue weighted by Crippen LogP contribution is -2.14. The normalized spacial score (nSPS) is 16.6. The third-order valence-corrected chi connectivity index (χ3v) is 3.84. The number of rotatable bonds is 5. The van der Waals surface area contributed by atoms with Gasteiger partial charge in [-0.1, -0.05) is 31.7 Å². The number of ether oxygens (including phenoxy) is 2. The van der Waals surface area contributed by atoms with Gasteiger partial charge < -0.3 is 15.2 Å². The molecule has 0 atom stereocenters. The van der Waals surface area contributed by atoms with Crippen molar-refractivity contribution in [1.29, 1.82) is 5.41 Å². The van der Waals surface area contributed by atoms with E-state index in [9.17, 15) is 0 Å². The monoisotopic (exact) mass is 276 g/mol. The number of nitrogens with two attached hydrogens (primary N) is 1. The summed E-state index contributed by atoms with van der Waals surface area (Å²) in [4.78, 5) is 0. The number of hydrogen-bond acceptors (Lipinski definition) is 3. The van der Waals surface area contributed by atoms with Crippen molar-refractivity contribution >= 4 is 5.84 Å². The summed E-state index contributed by atoms with van der Waals surface area (Å²) in [6.45, 7) is 0.578. The van der Waals surface area contributed by atoms with E-state index in [4.69, 9.17) is 20.6 Å². The number of methoxy groups -OCH3 is 1. The minimum absolute atomic E-state index is 0.0261. The van der Waals surface area contributed by atoms with Gasteiger partial charge in [0.1, 0.15) is 11.6 Å². The summed E-state index contributed by atoms with van der Waals surface area (Å²) in [5.41, 5.74) is 7.26. The van der Waals surface area contributed by atoms with E-state index in [1.807, 2.05) is 18.2 Å². The van der Waals surface area contributed by atoms with Crippen LogP contribution in [0.4, 0.5) is 0 Å². The van der Waals surface area contributed by atoms with Crippen LogP contribution in [0.1, 0.15) is 49.7 Å². The van der Waals surface area contributed by atoms with E-state index in [1.165, 1.54) is 25.7 Å². The Balaban J connectivity index is 1.98. The van der Waals surface area contributed by atoms with E-state index in [0.29, 0.717) is 24.0 Å². The van der Waals surface area contributed by atoms with Gasteiger partial charge in [-0.3, -0.25) is 5.41 Å². The van der Waals surface area contributed by atoms with Gasteiger partial charge in [-0.05, 0) is 30.5 Å². The second-order valence-electron chi connectivity index (χ2n) is 5.37. The van der Waals surface area contributed by atoms with Gasteiger partial charge in [-0.15, -0.1) is 0 Å². The molecule has 0 aliphatic heterocycles. The van der Waals surface area contributed by atoms with Crippen LogP contribution in [0.15, 0.2) is 18.2 Å². The van der Waals surface area contributed by atoms with Gasteiger partial charge in [0.05, 0.1) is 25.4 Å². The highest BCUT2D eigenvalue weighted by Crippen LogP contribution is 2.23. The van der Waals surface area contributed by atoms with Crippen molar-refractivity contribution in [3.63, 3.8) is 0 Å². The van der Waals surface area contributed by atoms with E-state index in [-0.39, 0.29) is 5.84 Å². The SMILES string of the molecule is COc1ccc(COC2CCCCCC2)cc1C(=N)N. The summed E-state index contributed by atoms with van der Waals surface area (Å²) in [7, 11) is 1.59. The lowest BCUT2D eigenvalue weighted by Gasteiger charge is -2.16. The Morgan fingerprint density at radius 2 is 1.95 bits per heavy atom. The molecule has 1 aliphatic rings. The van der Waals surface area contributed by atoms with E-state index in [1.54, 1.807) is 7.11 Å². The minimum atomic E-state index is 0.0261. The van der Waals surface area contributed by atoms with Gasteiger partial charge in [-0.2, -0.15) is 0 Å². The molecule has 4 heteroatoms. The molecule has 0 unspecified atom stereocenters. The van der Waals surface area contributed by atoms with E-state index in [2.05, 4.69) is 0 Å². The van der Waals surface area contributed by atoms with Gasteiger partial charge in [0, 0.05) is 0 Å². The molecule has 1 saturated carbocycles. The molecule has 0 radical (unpaired) electrons. The predicted molar refractivity (Wildman–Crippen MR) is 80.3 cm³/mol. The smallest absolute Gasteiger partial charge is 0.129 e. The van der Waals surface area contributed by atoms with Gasteiger partial charge in [0.15, 0.2) is 0 Å². The van der Waals surface area contributed by atoms with Crippen molar-refractivity contribution < 1.29 is 9.47 Å². The lowest BCUT2D eigenvalue weighted by molar-refractivity contribution is 0.0309. The zero-order valence-corrected chi connectivity index (χ0v) is 12.2. The fourth-order valence-corrected chi connectivity index (χ4v) is 2.68. The first-order valence-corrected chi connectivity index (χ1v) is 7.33. The third-order valence-electron chi connectivity index (χ3n) is 3.84. The molecule has 110 valence electrons. The maximum Gasteiger partial charge on any atom is 0.129 e. The molecular weight excluding hydrogens is 252 g/mol. The molecule has 0 spiro atoms. The predicted octanol–water partition coefficient (Wildman–Crippen LogP) is 3.22. The zero-order valence-electron chi connectivity index (χ0n) is 12.2. The van der Waals surface area contributed by atoms with E-state index < -0.39 is 0 Å². The van der Waals surface area contributed by atoms with Crippen molar-refractivity contribution in [1.82, 2.24) is 0 Å². The number of benzene rings is 1. The van der Waals surface area contributed by atoms with Gasteiger partial charge in [-0.25, -0.2) is 0 Å². The molecule has 0 saturated heterocycles. The van der Waals surface area contributed by atoms with Crippen molar-refractivity contribution in [2.45, 2.75) is 51.2 Å². The van der Waals surface area contributed by atoms with Crippen LogP contribution < -0.4 is 10.5 Å². The van der Waals surface area contributed by atoms with Gasteiger partial charge >= 0.3 is 0 Å². The molecular formula is C16H24N2O2. The Labute approximate surface area is 120 Å². The number of nitrogens with one attached hydrogen (secondary N) is 1. The summed E-state index contributed by atoms with van der Waals surface area (Å²) in [6.07, 6.45) is 7.90. The fraction of sp³-hybridized carbons (Fsp3) is 0.562. The molecule has 2 rings (SSSR count). The second-order valence-corrected chi connectivity index (χ2v) is 5.37. The number of hydrogen-bond donors (Lipinski definition) is 2. The minimum Gasteiger partial charge on any atom is -0.496 e. The summed E-state index contributed by atoms with van der Waals surface area (Å²) in [5.74, 6) is 0.661. The highest BCUT2D eigenvalue weighted by Gasteiger charge is 2.13. The van der Waals surface area contributed by atoms with Crippen LogP contribution in [-0.4, -0.2) is 19.0 Å². The molecule has 0 bridgehead atoms. The summed E-state index contributed by atoms with van der Waals surface area (Å²) >= 11 is 0. The van der Waals surface area contributed by atoms with Gasteiger partial charge in [0.2, 0.25) is 0 Å². The Hall–Kier alpha value is -1.55. The Morgan fingerprint density at radius 3 is 2.55 bits per heavy atom. The van der Waals surface area contributed by atoms with Crippen LogP contribution in [-0.2, 0) is 11.3 Å². The average molecular weight is 276 g/mol. The topological polar surface area (TPSA) is 68.3 Å². The molecule has 20 heavy (non-hydrogen) atoms. The van der Waals surface area contributed by atoms with Gasteiger partial charge in [0.25, 0.3) is 0 Å². The highest BCUT2D eigenvalue weighted by molar-refractivity contribution is 5.97. The molecule has 1 aromatic rings. The summed E-state index contributed by atoms with van der Waals surface area (Å²) in [6, 6.07) is 5.71. The molecule has 4 nitrogen and oxygen atoms in total. The second kappa shape index (κ2) is 7.29. The van der Waals surface area contributed by atoms with Crippen LogP contribution in [0.2, 0.25) is 0 Å². The molecule has 3 N–H and O–H groups in total. The first-order chi connectivity index (χ1) is 9.70. The Bertz CT molecular complexity index is 452. The lowest BCUT2D eigenvalue weighted by atomic mass is 10.1. The van der Waals surface area contributed by atoms with Crippen LogP contribution in [0.5, 0.6) is 5.75 Å². The zero-order chi connectivity index (χ0) is 14.4. The third kappa shape index (κ3) is 3.97. The summed E-state index contributed by atoms with van der Waals surface area (Å²) < 4.78 is 11.2. The standard InChI is InChI=1S/C16H24N2O2/c1-19-15-9-8-12(10-14(15)16(17)18)11-20-13-6-4-2-3-5-7-13/h8-10,13H,2-7,11H2,1H3,(H3,17,18). The number of nitrogen functional groups attached to an aromatic ring is 1. The molecule has 1 fully saturated rings. The van der Waals surface area contributed by atoms with Crippen molar-refractivity contribution in [3.8, 4) is 5.75 Å². The van der Waals surface area contributed by atoms with Crippen molar-refractivity contribution in [3.05, 3.63) is 29.3 Å². The quantitative estimate of drug-likeness (QED) is 0.493. The fourth-order valence-electron chi connectivity index (χ4n) is 2.68. The molecule has 0 heterocycles. The maximum absolute atomic E-state index is 7.59. The maximum atomic E-state index is 7.59. The molecule has 0 aromatic heterocycles. The first-order valence-electron chi connectivity index (χ1n) is 7.33. The average Bonchev–Trinajstić information content (AvgIpc) is 2.73. The van der Waals surface area contributed by atoms with Crippen LogP contribution in [0, 0.1) is 5.41 Å². The van der Waals surface area contributed by atoms with Crippen molar-refractivity contribution in [2.75, 3.05) is 7.11 Å². The Kier molecular flexibility index (Phi) is 5.41. The van der Waals surface area contributed by atoms with Crippen LogP contribution in [0.25, 0.3) is 0 Å². The highest BCUT2D eigenvalue weighted by atomic mass is 16.5. The molecule has 1 aliphatic carbocycles. The van der Waals surface area contributed by atoms with Crippen LogP contribution in [0.3, 0.4) is 0 Å². The van der Waals surface area contributed by atoms with E-state index >= 15 is 0 Å².